The zero-order valence-corrected chi connectivity index (χ0v) is 13.5. The zero-order chi connectivity index (χ0) is 16.4. The largest absolute Gasteiger partial charge is 0.385 e. The fourth-order valence-corrected chi connectivity index (χ4v) is 3.00. The minimum Gasteiger partial charge on any atom is -0.385 e. The second-order valence-corrected chi connectivity index (χ2v) is 6.27. The van der Waals surface area contributed by atoms with Crippen molar-refractivity contribution in [2.75, 3.05) is 13.1 Å². The number of aromatic nitrogens is 4. The van der Waals surface area contributed by atoms with Crippen LogP contribution in [0.3, 0.4) is 0 Å². The van der Waals surface area contributed by atoms with E-state index >= 15 is 0 Å². The Kier molecular flexibility index (Phi) is 4.32. The van der Waals surface area contributed by atoms with Crippen molar-refractivity contribution >= 4 is 17.5 Å². The number of rotatable bonds is 3. The van der Waals surface area contributed by atoms with Crippen LogP contribution in [-0.4, -0.2) is 49.2 Å². The first-order valence-corrected chi connectivity index (χ1v) is 7.87. The van der Waals surface area contributed by atoms with E-state index in [2.05, 4.69) is 15.5 Å². The van der Waals surface area contributed by atoms with Crippen LogP contribution in [0.1, 0.15) is 31.4 Å². The summed E-state index contributed by atoms with van der Waals surface area (Å²) in [5, 5.41) is 22.3. The summed E-state index contributed by atoms with van der Waals surface area (Å²) in [5.41, 5.74) is -0.0816. The SMILES string of the molecule is CC(C(=O)N1CCC(O)(c2ccc(Cl)cc2)CC1)n1cnnn1. The number of hydrogen-bond donors (Lipinski definition) is 1. The molecule has 1 saturated heterocycles. The maximum Gasteiger partial charge on any atom is 0.247 e. The van der Waals surface area contributed by atoms with Crippen molar-refractivity contribution in [3.8, 4) is 0 Å². The van der Waals surface area contributed by atoms with Crippen LogP contribution in [0.25, 0.3) is 0 Å². The number of amides is 1. The van der Waals surface area contributed by atoms with Gasteiger partial charge in [-0.3, -0.25) is 4.79 Å². The third-order valence-corrected chi connectivity index (χ3v) is 4.65. The van der Waals surface area contributed by atoms with E-state index in [1.165, 1.54) is 11.0 Å². The molecular formula is C15H18ClN5O2. The predicted octanol–water partition coefficient (Wildman–Crippen LogP) is 1.40. The van der Waals surface area contributed by atoms with Gasteiger partial charge in [-0.1, -0.05) is 23.7 Å². The van der Waals surface area contributed by atoms with Gasteiger partial charge < -0.3 is 10.0 Å². The molecule has 2 heterocycles. The lowest BCUT2D eigenvalue weighted by atomic mass is 9.84. The molecule has 0 saturated carbocycles. The van der Waals surface area contributed by atoms with Crippen LogP contribution in [0, 0.1) is 0 Å². The van der Waals surface area contributed by atoms with E-state index in [-0.39, 0.29) is 5.91 Å². The average molecular weight is 336 g/mol. The van der Waals surface area contributed by atoms with Crippen LogP contribution in [-0.2, 0) is 10.4 Å². The zero-order valence-electron chi connectivity index (χ0n) is 12.8. The van der Waals surface area contributed by atoms with Gasteiger partial charge in [-0.15, -0.1) is 5.10 Å². The van der Waals surface area contributed by atoms with Crippen LogP contribution in [0.4, 0.5) is 0 Å². The summed E-state index contributed by atoms with van der Waals surface area (Å²) >= 11 is 5.89. The van der Waals surface area contributed by atoms with Crippen LogP contribution in [0.5, 0.6) is 0 Å². The first-order chi connectivity index (χ1) is 11.0. The Hall–Kier alpha value is -1.99. The van der Waals surface area contributed by atoms with E-state index in [9.17, 15) is 9.90 Å². The molecule has 1 amide bonds. The Morgan fingerprint density at radius 3 is 2.52 bits per heavy atom. The molecule has 1 fully saturated rings. The molecule has 7 nitrogen and oxygen atoms in total. The molecule has 1 aliphatic heterocycles. The molecule has 2 aromatic rings. The van der Waals surface area contributed by atoms with E-state index in [4.69, 9.17) is 11.6 Å². The first kappa shape index (κ1) is 15.9. The second-order valence-electron chi connectivity index (χ2n) is 5.83. The Balaban J connectivity index is 1.66. The Labute approximate surface area is 138 Å². The van der Waals surface area contributed by atoms with Crippen molar-refractivity contribution in [3.05, 3.63) is 41.2 Å². The molecule has 0 radical (unpaired) electrons. The summed E-state index contributed by atoms with van der Waals surface area (Å²) in [6.45, 7) is 2.74. The first-order valence-electron chi connectivity index (χ1n) is 7.49. The number of benzene rings is 1. The van der Waals surface area contributed by atoms with E-state index in [1.807, 2.05) is 12.1 Å². The second kappa shape index (κ2) is 6.25. The lowest BCUT2D eigenvalue weighted by molar-refractivity contribution is -0.139. The van der Waals surface area contributed by atoms with Gasteiger partial charge in [-0.2, -0.15) is 0 Å². The maximum atomic E-state index is 12.5. The highest BCUT2D eigenvalue weighted by atomic mass is 35.5. The van der Waals surface area contributed by atoms with Crippen LogP contribution in [0.2, 0.25) is 5.02 Å². The highest BCUT2D eigenvalue weighted by Crippen LogP contribution is 2.33. The topological polar surface area (TPSA) is 84.1 Å². The fraction of sp³-hybridized carbons (Fsp3) is 0.467. The molecule has 3 rings (SSSR count). The van der Waals surface area contributed by atoms with Crippen molar-refractivity contribution in [2.45, 2.75) is 31.4 Å². The number of carbonyl (C=O) groups excluding carboxylic acids is 1. The smallest absolute Gasteiger partial charge is 0.247 e. The number of tetrazole rings is 1. The lowest BCUT2D eigenvalue weighted by Crippen LogP contribution is -2.47. The molecule has 1 N–H and O–H groups in total. The molecule has 0 bridgehead atoms. The normalized spacial score (nSPS) is 18.7. The third-order valence-electron chi connectivity index (χ3n) is 4.40. The summed E-state index contributed by atoms with van der Waals surface area (Å²) in [7, 11) is 0. The lowest BCUT2D eigenvalue weighted by Gasteiger charge is -2.39. The van der Waals surface area contributed by atoms with Gasteiger partial charge >= 0.3 is 0 Å². The summed E-state index contributed by atoms with van der Waals surface area (Å²) in [5.74, 6) is -0.0459. The van der Waals surface area contributed by atoms with Crippen molar-refractivity contribution in [1.82, 2.24) is 25.1 Å². The molecule has 8 heteroatoms. The van der Waals surface area contributed by atoms with Gasteiger partial charge in [0.15, 0.2) is 0 Å². The van der Waals surface area contributed by atoms with Crippen LogP contribution < -0.4 is 0 Å². The molecule has 1 atom stereocenters. The Morgan fingerprint density at radius 2 is 1.96 bits per heavy atom. The van der Waals surface area contributed by atoms with Crippen molar-refractivity contribution in [3.63, 3.8) is 0 Å². The fourth-order valence-electron chi connectivity index (χ4n) is 2.87. The van der Waals surface area contributed by atoms with Gasteiger partial charge in [0, 0.05) is 18.1 Å². The highest BCUT2D eigenvalue weighted by molar-refractivity contribution is 6.30. The van der Waals surface area contributed by atoms with Gasteiger partial charge in [0.2, 0.25) is 5.91 Å². The van der Waals surface area contributed by atoms with Gasteiger partial charge in [0.05, 0.1) is 5.60 Å². The van der Waals surface area contributed by atoms with E-state index in [0.29, 0.717) is 31.0 Å². The molecule has 1 aliphatic rings. The number of likely N-dealkylation sites (tertiary alicyclic amines) is 1. The van der Waals surface area contributed by atoms with Crippen molar-refractivity contribution in [2.24, 2.45) is 0 Å². The van der Waals surface area contributed by atoms with Gasteiger partial charge in [0.1, 0.15) is 12.4 Å². The summed E-state index contributed by atoms with van der Waals surface area (Å²) in [6.07, 6.45) is 2.40. The minimum absolute atomic E-state index is 0.0459. The molecule has 23 heavy (non-hydrogen) atoms. The van der Waals surface area contributed by atoms with E-state index in [0.717, 1.165) is 5.56 Å². The Morgan fingerprint density at radius 1 is 1.30 bits per heavy atom. The van der Waals surface area contributed by atoms with Crippen LogP contribution >= 0.6 is 11.6 Å². The number of nitrogens with zero attached hydrogens (tertiary/aromatic N) is 5. The molecular weight excluding hydrogens is 318 g/mol. The Bertz CT molecular complexity index is 666. The summed E-state index contributed by atoms with van der Waals surface area (Å²) in [6, 6.07) is 6.76. The highest BCUT2D eigenvalue weighted by Gasteiger charge is 2.36. The standard InChI is InChI=1S/C15H18ClN5O2/c1-11(21-10-17-18-19-21)14(22)20-8-6-15(23,7-9-20)12-2-4-13(16)5-3-12/h2-5,10-11,23H,6-9H2,1H3. The van der Waals surface area contributed by atoms with Crippen molar-refractivity contribution in [1.29, 1.82) is 0 Å². The number of carbonyl (C=O) groups is 1. The van der Waals surface area contributed by atoms with Crippen LogP contribution in [0.15, 0.2) is 30.6 Å². The van der Waals surface area contributed by atoms with Gasteiger partial charge in [-0.05, 0) is 47.9 Å². The number of piperidine rings is 1. The van der Waals surface area contributed by atoms with Crippen molar-refractivity contribution < 1.29 is 9.90 Å². The molecule has 1 aromatic heterocycles. The monoisotopic (exact) mass is 335 g/mol. The predicted molar refractivity (Wildman–Crippen MR) is 83.7 cm³/mol. The quantitative estimate of drug-likeness (QED) is 0.916. The molecule has 0 aliphatic carbocycles. The number of hydrogen-bond acceptors (Lipinski definition) is 5. The molecule has 0 spiro atoms. The van der Waals surface area contributed by atoms with Gasteiger partial charge in [0.25, 0.3) is 0 Å². The summed E-state index contributed by atoms with van der Waals surface area (Å²) < 4.78 is 1.43. The molecule has 122 valence electrons. The maximum absolute atomic E-state index is 12.5. The molecule has 1 aromatic carbocycles. The number of aliphatic hydroxyl groups is 1. The van der Waals surface area contributed by atoms with E-state index < -0.39 is 11.6 Å². The minimum atomic E-state index is -0.917. The summed E-state index contributed by atoms with van der Waals surface area (Å²) in [4.78, 5) is 14.2. The number of halogens is 1. The van der Waals surface area contributed by atoms with Gasteiger partial charge in [-0.25, -0.2) is 4.68 Å². The molecule has 1 unspecified atom stereocenters. The van der Waals surface area contributed by atoms with E-state index in [1.54, 1.807) is 24.0 Å². The average Bonchev–Trinajstić information content (AvgIpc) is 3.09. The third kappa shape index (κ3) is 3.20.